The van der Waals surface area contributed by atoms with Crippen molar-refractivity contribution in [3.05, 3.63) is 66.4 Å². The van der Waals surface area contributed by atoms with Crippen molar-refractivity contribution in [2.24, 2.45) is 12.0 Å². The predicted octanol–water partition coefficient (Wildman–Crippen LogP) is 3.63. The van der Waals surface area contributed by atoms with Crippen LogP contribution in [0.5, 0.6) is 0 Å². The predicted molar refractivity (Wildman–Crippen MR) is 121 cm³/mol. The first-order valence-electron chi connectivity index (χ1n) is 8.86. The number of aromatic amines is 1. The molecule has 0 radical (unpaired) electrons. The molecule has 0 unspecified atom stereocenters. The Kier molecular flexibility index (Phi) is 7.90. The number of aromatic nitrogens is 3. The van der Waals surface area contributed by atoms with Crippen LogP contribution in [0.4, 0.5) is 0 Å². The monoisotopic (exact) mass is 478 g/mol. The van der Waals surface area contributed by atoms with E-state index >= 15 is 0 Å². The lowest BCUT2D eigenvalue weighted by Gasteiger charge is -2.22. The van der Waals surface area contributed by atoms with Crippen molar-refractivity contribution < 1.29 is 0 Å². The molecular formula is C20H27IN6. The van der Waals surface area contributed by atoms with Crippen LogP contribution in [0.2, 0.25) is 0 Å². The summed E-state index contributed by atoms with van der Waals surface area (Å²) in [7, 11) is 4.10. The van der Waals surface area contributed by atoms with Crippen molar-refractivity contribution in [2.45, 2.75) is 20.0 Å². The Balaban J connectivity index is 0.00000261. The highest BCUT2D eigenvalue weighted by Crippen LogP contribution is 2.16. The van der Waals surface area contributed by atoms with Gasteiger partial charge in [0.2, 0.25) is 0 Å². The second kappa shape index (κ2) is 10.1. The van der Waals surface area contributed by atoms with E-state index in [0.29, 0.717) is 6.54 Å². The highest BCUT2D eigenvalue weighted by atomic mass is 127. The standard InChI is InChI=1S/C20H26N6.HI/c1-4-21-20(26(3)15-17-11-8-12-25(17)2)23-14-19-22-13-18(24-19)16-9-6-5-7-10-16;/h5-13H,4,14-15H2,1-3H3,(H,21,23)(H,22,24);1H. The summed E-state index contributed by atoms with van der Waals surface area (Å²) in [5, 5.41) is 3.35. The summed E-state index contributed by atoms with van der Waals surface area (Å²) in [5.74, 6) is 1.72. The van der Waals surface area contributed by atoms with Gasteiger partial charge in [-0.3, -0.25) is 0 Å². The maximum Gasteiger partial charge on any atom is 0.194 e. The number of aliphatic imine (C=N–C) groups is 1. The van der Waals surface area contributed by atoms with E-state index in [2.05, 4.69) is 69.2 Å². The molecule has 0 aliphatic carbocycles. The zero-order valence-corrected chi connectivity index (χ0v) is 18.3. The summed E-state index contributed by atoms with van der Waals surface area (Å²) in [4.78, 5) is 14.7. The summed E-state index contributed by atoms with van der Waals surface area (Å²) >= 11 is 0. The second-order valence-electron chi connectivity index (χ2n) is 6.25. The van der Waals surface area contributed by atoms with Gasteiger partial charge in [0.15, 0.2) is 5.96 Å². The Morgan fingerprint density at radius 1 is 1.22 bits per heavy atom. The Hall–Kier alpha value is -2.29. The van der Waals surface area contributed by atoms with Gasteiger partial charge in [0, 0.05) is 32.5 Å². The lowest BCUT2D eigenvalue weighted by molar-refractivity contribution is 0.461. The zero-order valence-electron chi connectivity index (χ0n) is 16.0. The van der Waals surface area contributed by atoms with E-state index in [-0.39, 0.29) is 24.0 Å². The molecule has 3 aromatic rings. The van der Waals surface area contributed by atoms with Gasteiger partial charge in [0.05, 0.1) is 18.4 Å². The number of halogens is 1. The topological polar surface area (TPSA) is 61.2 Å². The molecule has 144 valence electrons. The van der Waals surface area contributed by atoms with Crippen molar-refractivity contribution in [3.63, 3.8) is 0 Å². The van der Waals surface area contributed by atoms with Crippen LogP contribution < -0.4 is 5.32 Å². The van der Waals surface area contributed by atoms with E-state index in [0.717, 1.165) is 36.1 Å². The molecule has 0 saturated carbocycles. The lowest BCUT2D eigenvalue weighted by Crippen LogP contribution is -2.38. The largest absolute Gasteiger partial charge is 0.357 e. The molecule has 0 atom stereocenters. The Morgan fingerprint density at radius 3 is 2.67 bits per heavy atom. The van der Waals surface area contributed by atoms with Crippen molar-refractivity contribution in [2.75, 3.05) is 13.6 Å². The molecule has 0 fully saturated rings. The first-order chi connectivity index (χ1) is 12.7. The molecule has 0 spiro atoms. The third kappa shape index (κ3) is 5.59. The Morgan fingerprint density at radius 2 is 2.00 bits per heavy atom. The minimum absolute atomic E-state index is 0. The molecule has 7 heteroatoms. The molecule has 1 aromatic carbocycles. The summed E-state index contributed by atoms with van der Waals surface area (Å²) in [5.41, 5.74) is 3.38. The number of nitrogens with zero attached hydrogens (tertiary/aromatic N) is 4. The number of guanidine groups is 1. The number of benzene rings is 1. The lowest BCUT2D eigenvalue weighted by atomic mass is 10.2. The SMILES string of the molecule is CCNC(=NCc1ncc(-c2ccccc2)[nH]1)N(C)Cc1cccn1C.I. The second-order valence-corrected chi connectivity index (χ2v) is 6.25. The first kappa shape index (κ1) is 21.0. The van der Waals surface area contributed by atoms with Gasteiger partial charge in [-0.2, -0.15) is 0 Å². The van der Waals surface area contributed by atoms with Gasteiger partial charge in [-0.05, 0) is 24.6 Å². The van der Waals surface area contributed by atoms with Crippen LogP contribution in [0.25, 0.3) is 11.3 Å². The van der Waals surface area contributed by atoms with E-state index in [1.165, 1.54) is 5.69 Å². The smallest absolute Gasteiger partial charge is 0.194 e. The molecule has 3 rings (SSSR count). The molecular weight excluding hydrogens is 451 g/mol. The van der Waals surface area contributed by atoms with E-state index < -0.39 is 0 Å². The fourth-order valence-electron chi connectivity index (χ4n) is 2.81. The summed E-state index contributed by atoms with van der Waals surface area (Å²) in [6, 6.07) is 14.4. The van der Waals surface area contributed by atoms with Gasteiger partial charge in [0.1, 0.15) is 12.4 Å². The molecule has 27 heavy (non-hydrogen) atoms. The van der Waals surface area contributed by atoms with E-state index in [1.807, 2.05) is 31.4 Å². The van der Waals surface area contributed by atoms with Gasteiger partial charge in [-0.15, -0.1) is 24.0 Å². The maximum absolute atomic E-state index is 4.73. The zero-order chi connectivity index (χ0) is 18.4. The number of H-pyrrole nitrogens is 1. The first-order valence-corrected chi connectivity index (χ1v) is 8.86. The van der Waals surface area contributed by atoms with Crippen LogP contribution in [-0.4, -0.2) is 39.0 Å². The van der Waals surface area contributed by atoms with Crippen molar-refractivity contribution >= 4 is 29.9 Å². The fraction of sp³-hybridized carbons (Fsp3) is 0.300. The molecule has 2 heterocycles. The van der Waals surface area contributed by atoms with E-state index in [1.54, 1.807) is 0 Å². The van der Waals surface area contributed by atoms with Crippen LogP contribution in [0, 0.1) is 0 Å². The summed E-state index contributed by atoms with van der Waals surface area (Å²) in [6.07, 6.45) is 3.92. The maximum atomic E-state index is 4.73. The van der Waals surface area contributed by atoms with Crippen molar-refractivity contribution in [1.82, 2.24) is 24.8 Å². The van der Waals surface area contributed by atoms with Crippen LogP contribution in [0.15, 0.2) is 59.9 Å². The van der Waals surface area contributed by atoms with Gasteiger partial charge < -0.3 is 19.8 Å². The van der Waals surface area contributed by atoms with Crippen LogP contribution >= 0.6 is 24.0 Å². The highest BCUT2D eigenvalue weighted by molar-refractivity contribution is 14.0. The number of imidazole rings is 1. The number of rotatable bonds is 6. The molecule has 0 aliphatic rings. The average Bonchev–Trinajstić information content (AvgIpc) is 3.29. The normalized spacial score (nSPS) is 11.1. The quantitative estimate of drug-likeness (QED) is 0.323. The summed E-state index contributed by atoms with van der Waals surface area (Å²) in [6.45, 7) is 4.20. The Bertz CT molecular complexity index is 852. The number of nitrogens with one attached hydrogen (secondary N) is 2. The number of aryl methyl sites for hydroxylation is 1. The van der Waals surface area contributed by atoms with Gasteiger partial charge in [-0.1, -0.05) is 30.3 Å². The van der Waals surface area contributed by atoms with Crippen molar-refractivity contribution in [3.8, 4) is 11.3 Å². The van der Waals surface area contributed by atoms with Crippen molar-refractivity contribution in [1.29, 1.82) is 0 Å². The molecule has 2 N–H and O–H groups in total. The van der Waals surface area contributed by atoms with Crippen LogP contribution in [0.1, 0.15) is 18.4 Å². The molecule has 0 bridgehead atoms. The summed E-state index contributed by atoms with van der Waals surface area (Å²) < 4.78 is 2.12. The van der Waals surface area contributed by atoms with Gasteiger partial charge in [0.25, 0.3) is 0 Å². The average molecular weight is 478 g/mol. The molecule has 0 aliphatic heterocycles. The Labute approximate surface area is 177 Å². The molecule has 6 nitrogen and oxygen atoms in total. The highest BCUT2D eigenvalue weighted by Gasteiger charge is 2.09. The van der Waals surface area contributed by atoms with E-state index in [4.69, 9.17) is 4.99 Å². The third-order valence-electron chi connectivity index (χ3n) is 4.24. The molecule has 0 saturated heterocycles. The minimum atomic E-state index is 0. The van der Waals surface area contributed by atoms with Gasteiger partial charge >= 0.3 is 0 Å². The van der Waals surface area contributed by atoms with Crippen LogP contribution in [0.3, 0.4) is 0 Å². The fourth-order valence-corrected chi connectivity index (χ4v) is 2.81. The number of hydrogen-bond donors (Lipinski definition) is 2. The van der Waals surface area contributed by atoms with Crippen LogP contribution in [-0.2, 0) is 20.1 Å². The number of hydrogen-bond acceptors (Lipinski definition) is 2. The van der Waals surface area contributed by atoms with E-state index in [9.17, 15) is 0 Å². The molecule has 2 aromatic heterocycles. The van der Waals surface area contributed by atoms with Gasteiger partial charge in [-0.25, -0.2) is 9.98 Å². The molecule has 0 amide bonds. The third-order valence-corrected chi connectivity index (χ3v) is 4.24. The minimum Gasteiger partial charge on any atom is -0.357 e.